The van der Waals surface area contributed by atoms with Gasteiger partial charge in [-0.3, -0.25) is 19.8 Å². The number of fused-ring (bicyclic) bond motifs is 1. The molecule has 2 aromatic rings. The first kappa shape index (κ1) is 16.6. The number of rotatable bonds is 4. The summed E-state index contributed by atoms with van der Waals surface area (Å²) in [5.41, 5.74) is 2.30. The summed E-state index contributed by atoms with van der Waals surface area (Å²) in [5, 5.41) is 6.20. The van der Waals surface area contributed by atoms with E-state index in [4.69, 9.17) is 0 Å². The number of benzene rings is 1. The Labute approximate surface area is 144 Å². The fourth-order valence-corrected chi connectivity index (χ4v) is 3.69. The van der Waals surface area contributed by atoms with Crippen molar-refractivity contribution < 1.29 is 9.59 Å². The fourth-order valence-electron chi connectivity index (χ4n) is 2.65. The van der Waals surface area contributed by atoms with E-state index < -0.39 is 0 Å². The topological polar surface area (TPSA) is 74.3 Å². The maximum atomic E-state index is 12.3. The Hall–Kier alpha value is -2.25. The molecule has 1 aliphatic heterocycles. The first-order valence-electron chi connectivity index (χ1n) is 7.95. The average molecular weight is 344 g/mol. The number of carbonyl (C=O) groups excluding carboxylic acids is 2. The molecule has 0 saturated heterocycles. The molecule has 0 radical (unpaired) electrons. The van der Waals surface area contributed by atoms with E-state index in [0.29, 0.717) is 16.4 Å². The van der Waals surface area contributed by atoms with Gasteiger partial charge in [-0.1, -0.05) is 6.92 Å². The SMILES string of the molecule is CCN1CCc2nc(NC(=O)c3ccc(NC(C)=O)cc3)sc2C1. The first-order valence-corrected chi connectivity index (χ1v) is 8.76. The summed E-state index contributed by atoms with van der Waals surface area (Å²) < 4.78 is 0. The zero-order valence-electron chi connectivity index (χ0n) is 13.8. The highest BCUT2D eigenvalue weighted by Crippen LogP contribution is 2.28. The van der Waals surface area contributed by atoms with Crippen molar-refractivity contribution in [2.24, 2.45) is 0 Å². The Bertz CT molecular complexity index is 754. The average Bonchev–Trinajstić information content (AvgIpc) is 2.96. The largest absolute Gasteiger partial charge is 0.326 e. The third-order valence-electron chi connectivity index (χ3n) is 3.95. The van der Waals surface area contributed by atoms with Gasteiger partial charge in [0.05, 0.1) is 5.69 Å². The summed E-state index contributed by atoms with van der Waals surface area (Å²) in [6.07, 6.45) is 0.932. The van der Waals surface area contributed by atoms with Crippen LogP contribution in [0.15, 0.2) is 24.3 Å². The minimum atomic E-state index is -0.192. The van der Waals surface area contributed by atoms with E-state index in [0.717, 1.165) is 31.7 Å². The van der Waals surface area contributed by atoms with Gasteiger partial charge in [0.2, 0.25) is 5.91 Å². The van der Waals surface area contributed by atoms with Crippen LogP contribution in [0.1, 0.15) is 34.8 Å². The summed E-state index contributed by atoms with van der Waals surface area (Å²) in [7, 11) is 0. The smallest absolute Gasteiger partial charge is 0.257 e. The third kappa shape index (κ3) is 3.80. The molecule has 0 saturated carbocycles. The van der Waals surface area contributed by atoms with Crippen LogP contribution in [0.3, 0.4) is 0 Å². The second kappa shape index (κ2) is 7.11. The molecular formula is C17H20N4O2S. The lowest BCUT2D eigenvalue weighted by Crippen LogP contribution is -2.29. The van der Waals surface area contributed by atoms with E-state index in [9.17, 15) is 9.59 Å². The summed E-state index contributed by atoms with van der Waals surface area (Å²) >= 11 is 1.55. The van der Waals surface area contributed by atoms with Crippen LogP contribution in [0.25, 0.3) is 0 Å². The minimum Gasteiger partial charge on any atom is -0.326 e. The fraction of sp³-hybridized carbons (Fsp3) is 0.353. The molecule has 2 amide bonds. The number of aromatic nitrogens is 1. The molecule has 0 bridgehead atoms. The van der Waals surface area contributed by atoms with Crippen LogP contribution in [0.5, 0.6) is 0 Å². The van der Waals surface area contributed by atoms with Crippen molar-refractivity contribution in [1.82, 2.24) is 9.88 Å². The molecular weight excluding hydrogens is 324 g/mol. The van der Waals surface area contributed by atoms with E-state index in [1.54, 1.807) is 35.6 Å². The predicted molar refractivity (Wildman–Crippen MR) is 95.5 cm³/mol. The molecule has 24 heavy (non-hydrogen) atoms. The van der Waals surface area contributed by atoms with Crippen LogP contribution in [0.4, 0.5) is 10.8 Å². The van der Waals surface area contributed by atoms with Crippen molar-refractivity contribution in [1.29, 1.82) is 0 Å². The van der Waals surface area contributed by atoms with Gasteiger partial charge < -0.3 is 5.32 Å². The van der Waals surface area contributed by atoms with Crippen LogP contribution in [0.2, 0.25) is 0 Å². The van der Waals surface area contributed by atoms with E-state index in [2.05, 4.69) is 27.4 Å². The standard InChI is InChI=1S/C17H20N4O2S/c1-3-21-9-8-14-15(10-21)24-17(19-14)20-16(23)12-4-6-13(7-5-12)18-11(2)22/h4-7H,3,8-10H2,1-2H3,(H,18,22)(H,19,20,23). The van der Waals surface area contributed by atoms with E-state index in [1.807, 2.05) is 0 Å². The molecule has 126 valence electrons. The van der Waals surface area contributed by atoms with Crippen molar-refractivity contribution in [2.45, 2.75) is 26.8 Å². The van der Waals surface area contributed by atoms with Gasteiger partial charge in [0.15, 0.2) is 5.13 Å². The Morgan fingerprint density at radius 2 is 2.00 bits per heavy atom. The third-order valence-corrected chi connectivity index (χ3v) is 4.94. The molecule has 0 atom stereocenters. The van der Waals surface area contributed by atoms with Crippen molar-refractivity contribution in [2.75, 3.05) is 23.7 Å². The summed E-state index contributed by atoms with van der Waals surface area (Å²) in [6, 6.07) is 6.80. The highest BCUT2D eigenvalue weighted by Gasteiger charge is 2.20. The number of hydrogen-bond acceptors (Lipinski definition) is 5. The molecule has 1 aliphatic rings. The molecule has 0 unspecified atom stereocenters. The monoisotopic (exact) mass is 344 g/mol. The Balaban J connectivity index is 1.67. The van der Waals surface area contributed by atoms with Crippen molar-refractivity contribution >= 4 is 34.0 Å². The number of thiazole rings is 1. The minimum absolute atomic E-state index is 0.137. The van der Waals surface area contributed by atoms with Gasteiger partial charge in [-0.2, -0.15) is 0 Å². The zero-order valence-corrected chi connectivity index (χ0v) is 14.6. The molecule has 2 N–H and O–H groups in total. The lowest BCUT2D eigenvalue weighted by atomic mass is 10.2. The van der Waals surface area contributed by atoms with Crippen LogP contribution in [-0.2, 0) is 17.8 Å². The quantitative estimate of drug-likeness (QED) is 0.894. The number of nitrogens with zero attached hydrogens (tertiary/aromatic N) is 2. The molecule has 2 heterocycles. The van der Waals surface area contributed by atoms with Crippen molar-refractivity contribution in [3.8, 4) is 0 Å². The van der Waals surface area contributed by atoms with Crippen molar-refractivity contribution in [3.63, 3.8) is 0 Å². The zero-order chi connectivity index (χ0) is 17.1. The Morgan fingerprint density at radius 3 is 2.67 bits per heavy atom. The lowest BCUT2D eigenvalue weighted by molar-refractivity contribution is -0.114. The second-order valence-electron chi connectivity index (χ2n) is 5.72. The number of amides is 2. The molecule has 1 aromatic carbocycles. The van der Waals surface area contributed by atoms with Gasteiger partial charge in [-0.05, 0) is 30.8 Å². The Kier molecular flexibility index (Phi) is 4.92. The maximum absolute atomic E-state index is 12.3. The predicted octanol–water partition coefficient (Wildman–Crippen LogP) is 2.73. The first-order chi connectivity index (χ1) is 11.5. The van der Waals surface area contributed by atoms with Gasteiger partial charge in [-0.25, -0.2) is 4.98 Å². The number of anilines is 2. The van der Waals surface area contributed by atoms with E-state index >= 15 is 0 Å². The van der Waals surface area contributed by atoms with Gasteiger partial charge in [0.25, 0.3) is 5.91 Å². The molecule has 3 rings (SSSR count). The normalized spacial score (nSPS) is 14.1. The van der Waals surface area contributed by atoms with E-state index in [-0.39, 0.29) is 11.8 Å². The van der Waals surface area contributed by atoms with Crippen LogP contribution >= 0.6 is 11.3 Å². The molecule has 0 spiro atoms. The number of likely N-dealkylation sites (N-methyl/N-ethyl adjacent to an activating group) is 1. The van der Waals surface area contributed by atoms with Gasteiger partial charge in [-0.15, -0.1) is 11.3 Å². The lowest BCUT2D eigenvalue weighted by Gasteiger charge is -2.23. The summed E-state index contributed by atoms with van der Waals surface area (Å²) in [5.74, 6) is -0.329. The number of carbonyl (C=O) groups is 2. The molecule has 1 aromatic heterocycles. The van der Waals surface area contributed by atoms with Gasteiger partial charge in [0, 0.05) is 42.6 Å². The Morgan fingerprint density at radius 1 is 1.25 bits per heavy atom. The van der Waals surface area contributed by atoms with Crippen LogP contribution < -0.4 is 10.6 Å². The highest BCUT2D eigenvalue weighted by atomic mass is 32.1. The maximum Gasteiger partial charge on any atom is 0.257 e. The van der Waals surface area contributed by atoms with Gasteiger partial charge >= 0.3 is 0 Å². The van der Waals surface area contributed by atoms with Crippen LogP contribution in [0, 0.1) is 0 Å². The number of nitrogens with one attached hydrogen (secondary N) is 2. The molecule has 7 heteroatoms. The molecule has 0 aliphatic carbocycles. The van der Waals surface area contributed by atoms with Crippen LogP contribution in [-0.4, -0.2) is 34.8 Å². The molecule has 0 fully saturated rings. The number of hydrogen-bond donors (Lipinski definition) is 2. The summed E-state index contributed by atoms with van der Waals surface area (Å²) in [4.78, 5) is 31.5. The van der Waals surface area contributed by atoms with E-state index in [1.165, 1.54) is 11.8 Å². The second-order valence-corrected chi connectivity index (χ2v) is 6.80. The molecule has 6 nitrogen and oxygen atoms in total. The highest BCUT2D eigenvalue weighted by molar-refractivity contribution is 7.15. The van der Waals surface area contributed by atoms with Gasteiger partial charge in [0.1, 0.15) is 0 Å². The van der Waals surface area contributed by atoms with Crippen molar-refractivity contribution in [3.05, 3.63) is 40.4 Å². The summed E-state index contributed by atoms with van der Waals surface area (Å²) in [6.45, 7) is 6.56.